The molecule has 0 aliphatic rings. The molecular weight excluding hydrogens is 288 g/mol. The van der Waals surface area contributed by atoms with Crippen molar-refractivity contribution < 1.29 is 14.3 Å². The van der Waals surface area contributed by atoms with Crippen molar-refractivity contribution in [1.82, 2.24) is 0 Å². The molecule has 4 heteroatoms. The van der Waals surface area contributed by atoms with E-state index in [2.05, 4.69) is 13.8 Å². The third-order valence-corrected chi connectivity index (χ3v) is 3.92. The van der Waals surface area contributed by atoms with Gasteiger partial charge in [-0.2, -0.15) is 0 Å². The van der Waals surface area contributed by atoms with Crippen molar-refractivity contribution in [1.29, 1.82) is 0 Å². The summed E-state index contributed by atoms with van der Waals surface area (Å²) in [6.45, 7) is 7.94. The Bertz CT molecular complexity index is 426. The third kappa shape index (κ3) is 5.58. The van der Waals surface area contributed by atoms with Crippen LogP contribution in [0.25, 0.3) is 0 Å². The average molecular weight is 313 g/mol. The van der Waals surface area contributed by atoms with Gasteiger partial charge in [-0.05, 0) is 49.9 Å². The largest absolute Gasteiger partial charge is 0.486 e. The number of benzene rings is 1. The van der Waals surface area contributed by atoms with Crippen molar-refractivity contribution in [3.05, 3.63) is 29.3 Å². The Hall–Kier alpha value is -1.22. The second kappa shape index (κ2) is 8.93. The van der Waals surface area contributed by atoms with E-state index in [4.69, 9.17) is 21.1 Å². The van der Waals surface area contributed by atoms with Crippen LogP contribution in [0.3, 0.4) is 0 Å². The van der Waals surface area contributed by atoms with Gasteiger partial charge in [-0.1, -0.05) is 32.4 Å². The van der Waals surface area contributed by atoms with Gasteiger partial charge in [-0.15, -0.1) is 0 Å². The van der Waals surface area contributed by atoms with Crippen LogP contribution in [0.1, 0.15) is 47.0 Å². The van der Waals surface area contributed by atoms with E-state index >= 15 is 0 Å². The van der Waals surface area contributed by atoms with Crippen LogP contribution in [0.2, 0.25) is 5.02 Å². The van der Waals surface area contributed by atoms with Crippen LogP contribution >= 0.6 is 11.6 Å². The first-order valence-electron chi connectivity index (χ1n) is 7.63. The SMILES string of the molecule is CCC(=O)OC(C)C(Oc1ccc(Cl)cc1)C(CC)CC. The molecule has 1 aromatic carbocycles. The van der Waals surface area contributed by atoms with Crippen molar-refractivity contribution in [3.8, 4) is 5.75 Å². The third-order valence-electron chi connectivity index (χ3n) is 3.67. The van der Waals surface area contributed by atoms with Crippen LogP contribution in [0.4, 0.5) is 0 Å². The van der Waals surface area contributed by atoms with Crippen LogP contribution < -0.4 is 4.74 Å². The molecule has 0 fully saturated rings. The highest BCUT2D eigenvalue weighted by atomic mass is 35.5. The van der Waals surface area contributed by atoms with Gasteiger partial charge in [0, 0.05) is 11.4 Å². The predicted molar refractivity (Wildman–Crippen MR) is 85.8 cm³/mol. The Morgan fingerprint density at radius 3 is 2.19 bits per heavy atom. The molecule has 0 aliphatic carbocycles. The van der Waals surface area contributed by atoms with Crippen LogP contribution in [0.5, 0.6) is 5.75 Å². The van der Waals surface area contributed by atoms with E-state index < -0.39 is 0 Å². The summed E-state index contributed by atoms with van der Waals surface area (Å²) in [5, 5.41) is 0.673. The minimum Gasteiger partial charge on any atom is -0.486 e. The lowest BCUT2D eigenvalue weighted by atomic mass is 9.93. The van der Waals surface area contributed by atoms with Crippen molar-refractivity contribution in [3.63, 3.8) is 0 Å². The summed E-state index contributed by atoms with van der Waals surface area (Å²) >= 11 is 5.89. The fourth-order valence-electron chi connectivity index (χ4n) is 2.36. The highest BCUT2D eigenvalue weighted by Gasteiger charge is 2.29. The molecule has 2 atom stereocenters. The minimum atomic E-state index is -0.280. The molecular formula is C17H25ClO3. The molecule has 1 aromatic rings. The van der Waals surface area contributed by atoms with E-state index in [1.807, 2.05) is 19.1 Å². The quantitative estimate of drug-likeness (QED) is 0.643. The van der Waals surface area contributed by atoms with E-state index in [1.165, 1.54) is 0 Å². The molecule has 0 aliphatic heterocycles. The van der Waals surface area contributed by atoms with Gasteiger partial charge >= 0.3 is 5.97 Å². The molecule has 1 rings (SSSR count). The fraction of sp³-hybridized carbons (Fsp3) is 0.588. The molecule has 0 spiro atoms. The highest BCUT2D eigenvalue weighted by Crippen LogP contribution is 2.25. The van der Waals surface area contributed by atoms with Crippen molar-refractivity contribution in [2.75, 3.05) is 0 Å². The Morgan fingerprint density at radius 1 is 1.14 bits per heavy atom. The molecule has 2 unspecified atom stereocenters. The zero-order chi connectivity index (χ0) is 15.8. The maximum atomic E-state index is 11.5. The van der Waals surface area contributed by atoms with Crippen molar-refractivity contribution in [2.45, 2.75) is 59.2 Å². The second-order valence-electron chi connectivity index (χ2n) is 5.16. The molecule has 21 heavy (non-hydrogen) atoms. The first-order chi connectivity index (χ1) is 10.0. The maximum Gasteiger partial charge on any atom is 0.305 e. The summed E-state index contributed by atoms with van der Waals surface area (Å²) in [5.41, 5.74) is 0. The Kier molecular flexibility index (Phi) is 7.58. The normalized spacial score (nSPS) is 13.8. The lowest BCUT2D eigenvalue weighted by Gasteiger charge is -2.31. The number of carbonyl (C=O) groups excluding carboxylic acids is 1. The summed E-state index contributed by atoms with van der Waals surface area (Å²) in [6, 6.07) is 7.27. The molecule has 0 heterocycles. The second-order valence-corrected chi connectivity index (χ2v) is 5.60. The fourth-order valence-corrected chi connectivity index (χ4v) is 2.48. The Labute approximate surface area is 132 Å². The van der Waals surface area contributed by atoms with Gasteiger partial charge in [0.15, 0.2) is 0 Å². The summed E-state index contributed by atoms with van der Waals surface area (Å²) in [4.78, 5) is 11.5. The highest BCUT2D eigenvalue weighted by molar-refractivity contribution is 6.30. The molecule has 0 saturated carbocycles. The van der Waals surface area contributed by atoms with Gasteiger partial charge in [0.05, 0.1) is 0 Å². The summed E-state index contributed by atoms with van der Waals surface area (Å²) in [5.74, 6) is 0.884. The van der Waals surface area contributed by atoms with Gasteiger partial charge < -0.3 is 9.47 Å². The van der Waals surface area contributed by atoms with Crippen LogP contribution in [-0.2, 0) is 9.53 Å². The zero-order valence-corrected chi connectivity index (χ0v) is 14.0. The number of esters is 1. The van der Waals surface area contributed by atoms with Gasteiger partial charge in [0.2, 0.25) is 0 Å². The number of ether oxygens (including phenoxy) is 2. The summed E-state index contributed by atoms with van der Waals surface area (Å²) in [6.07, 6.45) is 1.89. The Morgan fingerprint density at radius 2 is 1.71 bits per heavy atom. The van der Waals surface area contributed by atoms with Gasteiger partial charge in [-0.3, -0.25) is 4.79 Å². The molecule has 3 nitrogen and oxygen atoms in total. The topological polar surface area (TPSA) is 35.5 Å². The van der Waals surface area contributed by atoms with Gasteiger partial charge in [0.1, 0.15) is 18.0 Å². The van der Waals surface area contributed by atoms with E-state index in [0.717, 1.165) is 18.6 Å². The van der Waals surface area contributed by atoms with E-state index in [-0.39, 0.29) is 18.2 Å². The summed E-state index contributed by atoms with van der Waals surface area (Å²) < 4.78 is 11.5. The minimum absolute atomic E-state index is 0.156. The molecule has 0 N–H and O–H groups in total. The molecule has 0 amide bonds. The van der Waals surface area contributed by atoms with Crippen molar-refractivity contribution >= 4 is 17.6 Å². The maximum absolute atomic E-state index is 11.5. The summed E-state index contributed by atoms with van der Waals surface area (Å²) in [7, 11) is 0. The van der Waals surface area contributed by atoms with Gasteiger partial charge in [-0.25, -0.2) is 0 Å². The van der Waals surface area contributed by atoms with E-state index in [0.29, 0.717) is 17.4 Å². The average Bonchev–Trinajstić information content (AvgIpc) is 2.49. The van der Waals surface area contributed by atoms with Gasteiger partial charge in [0.25, 0.3) is 0 Å². The number of hydrogen-bond donors (Lipinski definition) is 0. The van der Waals surface area contributed by atoms with E-state index in [9.17, 15) is 4.79 Å². The standard InChI is InChI=1S/C17H25ClO3/c1-5-13(6-2)17(12(4)20-16(19)7-3)21-15-10-8-14(18)9-11-15/h8-13,17H,5-7H2,1-4H3. The molecule has 118 valence electrons. The van der Waals surface area contributed by atoms with Crippen LogP contribution in [0.15, 0.2) is 24.3 Å². The lowest BCUT2D eigenvalue weighted by molar-refractivity contribution is -0.154. The number of rotatable bonds is 8. The molecule has 0 bridgehead atoms. The predicted octanol–water partition coefficient (Wildman–Crippen LogP) is 4.87. The number of halogens is 1. The molecule has 0 radical (unpaired) electrons. The Balaban J connectivity index is 2.85. The lowest BCUT2D eigenvalue weighted by Crippen LogP contribution is -2.39. The first kappa shape index (κ1) is 17.8. The van der Waals surface area contributed by atoms with Crippen molar-refractivity contribution in [2.24, 2.45) is 5.92 Å². The van der Waals surface area contributed by atoms with Crippen LogP contribution in [0, 0.1) is 5.92 Å². The monoisotopic (exact) mass is 312 g/mol. The van der Waals surface area contributed by atoms with Crippen LogP contribution in [-0.4, -0.2) is 18.2 Å². The zero-order valence-electron chi connectivity index (χ0n) is 13.3. The van der Waals surface area contributed by atoms with E-state index in [1.54, 1.807) is 19.1 Å². The first-order valence-corrected chi connectivity index (χ1v) is 8.01. The number of hydrogen-bond acceptors (Lipinski definition) is 3. The smallest absolute Gasteiger partial charge is 0.305 e. The molecule has 0 saturated heterocycles. The number of carbonyl (C=O) groups is 1. The molecule has 0 aromatic heterocycles.